The maximum Gasteiger partial charge on any atom is 0.242 e. The van der Waals surface area contributed by atoms with Gasteiger partial charge >= 0.3 is 0 Å². The second-order valence-electron chi connectivity index (χ2n) is 4.99. The molecule has 1 saturated heterocycles. The second kappa shape index (κ2) is 5.75. The predicted molar refractivity (Wildman–Crippen MR) is 74.7 cm³/mol. The summed E-state index contributed by atoms with van der Waals surface area (Å²) in [6.07, 6.45) is 2.92. The SMILES string of the molecule is CC1CC(NS(=O)(=O)c2ccc(Cl)nc2)CCN1C. The van der Waals surface area contributed by atoms with Gasteiger partial charge in [-0.3, -0.25) is 0 Å². The Morgan fingerprint density at radius 3 is 2.79 bits per heavy atom. The molecule has 0 amide bonds. The van der Waals surface area contributed by atoms with Crippen LogP contribution in [0.3, 0.4) is 0 Å². The molecule has 1 fully saturated rings. The Hall–Kier alpha value is -0.690. The molecule has 0 bridgehead atoms. The average molecular weight is 304 g/mol. The van der Waals surface area contributed by atoms with Gasteiger partial charge in [0, 0.05) is 18.3 Å². The monoisotopic (exact) mass is 303 g/mol. The molecule has 0 aliphatic carbocycles. The first-order valence-corrected chi connectivity index (χ1v) is 8.09. The van der Waals surface area contributed by atoms with E-state index in [2.05, 4.69) is 28.6 Å². The predicted octanol–water partition coefficient (Wildman–Crippen LogP) is 1.50. The minimum Gasteiger partial charge on any atom is -0.304 e. The molecule has 0 spiro atoms. The molecule has 1 aliphatic rings. The highest BCUT2D eigenvalue weighted by molar-refractivity contribution is 7.89. The van der Waals surface area contributed by atoms with Crippen molar-refractivity contribution in [1.82, 2.24) is 14.6 Å². The van der Waals surface area contributed by atoms with E-state index in [0.29, 0.717) is 6.04 Å². The molecule has 106 valence electrons. The maximum absolute atomic E-state index is 12.2. The number of piperidine rings is 1. The van der Waals surface area contributed by atoms with Crippen molar-refractivity contribution in [3.8, 4) is 0 Å². The van der Waals surface area contributed by atoms with Crippen molar-refractivity contribution in [1.29, 1.82) is 0 Å². The van der Waals surface area contributed by atoms with Crippen molar-refractivity contribution >= 4 is 21.6 Å². The van der Waals surface area contributed by atoms with Gasteiger partial charge in [-0.05, 0) is 45.5 Å². The first-order valence-electron chi connectivity index (χ1n) is 6.22. The largest absolute Gasteiger partial charge is 0.304 e. The van der Waals surface area contributed by atoms with Gasteiger partial charge < -0.3 is 4.90 Å². The summed E-state index contributed by atoms with van der Waals surface area (Å²) in [7, 11) is -1.45. The number of nitrogens with one attached hydrogen (secondary N) is 1. The van der Waals surface area contributed by atoms with Gasteiger partial charge in [-0.1, -0.05) is 11.6 Å². The molecule has 2 atom stereocenters. The summed E-state index contributed by atoms with van der Waals surface area (Å²) in [6, 6.07) is 3.31. The summed E-state index contributed by atoms with van der Waals surface area (Å²) in [5.41, 5.74) is 0. The van der Waals surface area contributed by atoms with Crippen LogP contribution in [0.4, 0.5) is 0 Å². The van der Waals surface area contributed by atoms with Crippen LogP contribution in [0, 0.1) is 0 Å². The highest BCUT2D eigenvalue weighted by Crippen LogP contribution is 2.18. The number of nitrogens with zero attached hydrogens (tertiary/aromatic N) is 2. The van der Waals surface area contributed by atoms with Gasteiger partial charge in [0.05, 0.1) is 0 Å². The van der Waals surface area contributed by atoms with Crippen LogP contribution in [0.5, 0.6) is 0 Å². The van der Waals surface area contributed by atoms with Crippen LogP contribution in [-0.4, -0.2) is 44.0 Å². The lowest BCUT2D eigenvalue weighted by molar-refractivity contribution is 0.178. The quantitative estimate of drug-likeness (QED) is 0.860. The fourth-order valence-corrected chi connectivity index (χ4v) is 3.54. The third kappa shape index (κ3) is 3.66. The van der Waals surface area contributed by atoms with Crippen LogP contribution < -0.4 is 4.72 Å². The fraction of sp³-hybridized carbons (Fsp3) is 0.583. The van der Waals surface area contributed by atoms with Gasteiger partial charge in [-0.15, -0.1) is 0 Å². The van der Waals surface area contributed by atoms with E-state index in [9.17, 15) is 8.42 Å². The number of pyridine rings is 1. The molecule has 1 aromatic rings. The Bertz CT molecular complexity index is 532. The van der Waals surface area contributed by atoms with E-state index in [-0.39, 0.29) is 16.1 Å². The molecule has 1 N–H and O–H groups in total. The lowest BCUT2D eigenvalue weighted by Gasteiger charge is -2.35. The van der Waals surface area contributed by atoms with Crippen molar-refractivity contribution in [3.05, 3.63) is 23.5 Å². The van der Waals surface area contributed by atoms with E-state index < -0.39 is 10.0 Å². The zero-order valence-corrected chi connectivity index (χ0v) is 12.6. The highest BCUT2D eigenvalue weighted by atomic mass is 35.5. The van der Waals surface area contributed by atoms with E-state index in [1.54, 1.807) is 0 Å². The summed E-state index contributed by atoms with van der Waals surface area (Å²) < 4.78 is 27.1. The number of hydrogen-bond donors (Lipinski definition) is 1. The molecule has 2 unspecified atom stereocenters. The molecule has 5 nitrogen and oxygen atoms in total. The lowest BCUT2D eigenvalue weighted by atomic mass is 10.0. The molecular formula is C12H18ClN3O2S. The number of rotatable bonds is 3. The summed E-state index contributed by atoms with van der Waals surface area (Å²) in [6.45, 7) is 3.00. The van der Waals surface area contributed by atoms with Gasteiger partial charge in [0.15, 0.2) is 0 Å². The molecule has 0 aromatic carbocycles. The molecule has 1 aromatic heterocycles. The van der Waals surface area contributed by atoms with Gasteiger partial charge in [-0.2, -0.15) is 0 Å². The molecule has 1 aliphatic heterocycles. The summed E-state index contributed by atoms with van der Waals surface area (Å²) >= 11 is 5.66. The zero-order valence-electron chi connectivity index (χ0n) is 11.0. The number of hydrogen-bond acceptors (Lipinski definition) is 4. The topological polar surface area (TPSA) is 62.3 Å². The molecule has 7 heteroatoms. The van der Waals surface area contributed by atoms with Crippen molar-refractivity contribution < 1.29 is 8.42 Å². The van der Waals surface area contributed by atoms with Crippen LogP contribution in [0.25, 0.3) is 0 Å². The maximum atomic E-state index is 12.2. The highest BCUT2D eigenvalue weighted by Gasteiger charge is 2.27. The van der Waals surface area contributed by atoms with Crippen LogP contribution in [-0.2, 0) is 10.0 Å². The van der Waals surface area contributed by atoms with E-state index >= 15 is 0 Å². The number of aromatic nitrogens is 1. The summed E-state index contributed by atoms with van der Waals surface area (Å²) in [5.74, 6) is 0. The first-order chi connectivity index (χ1) is 8.88. The van der Waals surface area contributed by atoms with Crippen molar-refractivity contribution in [3.63, 3.8) is 0 Å². The van der Waals surface area contributed by atoms with Crippen molar-refractivity contribution in [2.24, 2.45) is 0 Å². The van der Waals surface area contributed by atoms with E-state index in [1.807, 2.05) is 0 Å². The molecular weight excluding hydrogens is 286 g/mol. The molecule has 2 heterocycles. The standard InChI is InChI=1S/C12H18ClN3O2S/c1-9-7-10(5-6-16(9)2)15-19(17,18)11-3-4-12(13)14-8-11/h3-4,8-10,15H,5-7H2,1-2H3. The Morgan fingerprint density at radius 1 is 1.47 bits per heavy atom. The van der Waals surface area contributed by atoms with Gasteiger partial charge in [0.1, 0.15) is 10.0 Å². The van der Waals surface area contributed by atoms with E-state index in [0.717, 1.165) is 19.4 Å². The normalized spacial score (nSPS) is 25.4. The van der Waals surface area contributed by atoms with Gasteiger partial charge in [0.2, 0.25) is 10.0 Å². The summed E-state index contributed by atoms with van der Waals surface area (Å²) in [5, 5.41) is 0.284. The minimum absolute atomic E-state index is 0.0214. The number of likely N-dealkylation sites (tertiary alicyclic amines) is 1. The fourth-order valence-electron chi connectivity index (χ4n) is 2.21. The summed E-state index contributed by atoms with van der Waals surface area (Å²) in [4.78, 5) is 6.19. The van der Waals surface area contributed by atoms with Gasteiger partial charge in [0.25, 0.3) is 0 Å². The van der Waals surface area contributed by atoms with Crippen molar-refractivity contribution in [2.45, 2.75) is 36.7 Å². The van der Waals surface area contributed by atoms with Crippen molar-refractivity contribution in [2.75, 3.05) is 13.6 Å². The van der Waals surface area contributed by atoms with E-state index in [1.165, 1.54) is 18.3 Å². The minimum atomic E-state index is -3.51. The smallest absolute Gasteiger partial charge is 0.242 e. The van der Waals surface area contributed by atoms with Crippen LogP contribution in [0.2, 0.25) is 5.15 Å². The third-order valence-corrected chi connectivity index (χ3v) is 5.27. The first kappa shape index (κ1) is 14.7. The molecule has 0 radical (unpaired) electrons. The Kier molecular flexibility index (Phi) is 4.45. The third-order valence-electron chi connectivity index (χ3n) is 3.54. The Morgan fingerprint density at radius 2 is 2.21 bits per heavy atom. The number of sulfonamides is 1. The lowest BCUT2D eigenvalue weighted by Crippen LogP contribution is -2.47. The van der Waals surface area contributed by atoms with Crippen LogP contribution in [0.1, 0.15) is 19.8 Å². The second-order valence-corrected chi connectivity index (χ2v) is 7.09. The van der Waals surface area contributed by atoms with Crippen LogP contribution >= 0.6 is 11.6 Å². The molecule has 0 saturated carbocycles. The number of halogens is 1. The Balaban J connectivity index is 2.07. The Labute approximate surface area is 119 Å². The van der Waals surface area contributed by atoms with Gasteiger partial charge in [-0.25, -0.2) is 18.1 Å². The average Bonchev–Trinajstić information content (AvgIpc) is 2.34. The van der Waals surface area contributed by atoms with E-state index in [4.69, 9.17) is 11.6 Å². The zero-order chi connectivity index (χ0) is 14.0. The molecule has 19 heavy (non-hydrogen) atoms. The molecule has 2 rings (SSSR count). The van der Waals surface area contributed by atoms with Crippen LogP contribution in [0.15, 0.2) is 23.2 Å².